The van der Waals surface area contributed by atoms with Gasteiger partial charge in [0.25, 0.3) is 0 Å². The molecule has 94 valence electrons. The first-order chi connectivity index (χ1) is 8.20. The average molecular weight is 235 g/mol. The smallest absolute Gasteiger partial charge is 0.123 e. The van der Waals surface area contributed by atoms with Crippen LogP contribution in [0.15, 0.2) is 18.2 Å². The molecular weight excluding hydrogens is 213 g/mol. The van der Waals surface area contributed by atoms with Gasteiger partial charge in [0.15, 0.2) is 0 Å². The lowest BCUT2D eigenvalue weighted by molar-refractivity contribution is 0.229. The van der Waals surface area contributed by atoms with Crippen LogP contribution in [0.25, 0.3) is 0 Å². The molecule has 1 N–H and O–H groups in total. The van der Waals surface area contributed by atoms with Crippen molar-refractivity contribution in [2.75, 3.05) is 6.54 Å². The summed E-state index contributed by atoms with van der Waals surface area (Å²) in [6.45, 7) is 5.21. The number of likely N-dealkylation sites (N-methyl/N-ethyl adjacent to an activating group) is 1. The summed E-state index contributed by atoms with van der Waals surface area (Å²) in [5, 5.41) is 3.56. The van der Waals surface area contributed by atoms with E-state index in [2.05, 4.69) is 19.2 Å². The Kier molecular flexibility index (Phi) is 4.16. The van der Waals surface area contributed by atoms with Crippen LogP contribution in [0.1, 0.15) is 37.3 Å². The van der Waals surface area contributed by atoms with E-state index in [1.165, 1.54) is 24.8 Å². The van der Waals surface area contributed by atoms with Gasteiger partial charge in [-0.2, -0.15) is 0 Å². The molecule has 1 aliphatic carbocycles. The number of rotatable bonds is 5. The summed E-state index contributed by atoms with van der Waals surface area (Å²) in [6.07, 6.45) is 4.97. The Hall–Kier alpha value is -0.890. The molecule has 2 rings (SSSR count). The minimum atomic E-state index is -0.116. The Morgan fingerprint density at radius 3 is 2.76 bits per heavy atom. The molecule has 0 spiro atoms. The van der Waals surface area contributed by atoms with Gasteiger partial charge < -0.3 is 5.32 Å². The summed E-state index contributed by atoms with van der Waals surface area (Å²) >= 11 is 0. The summed E-state index contributed by atoms with van der Waals surface area (Å²) in [5.41, 5.74) is 2.36. The molecule has 2 heteroatoms. The maximum atomic E-state index is 13.3. The molecule has 0 radical (unpaired) electrons. The lowest BCUT2D eigenvalue weighted by Gasteiger charge is -2.34. The zero-order valence-corrected chi connectivity index (χ0v) is 10.8. The van der Waals surface area contributed by atoms with Crippen LogP contribution >= 0.6 is 0 Å². The van der Waals surface area contributed by atoms with Gasteiger partial charge in [-0.15, -0.1) is 0 Å². The minimum absolute atomic E-state index is 0.116. The second-order valence-corrected chi connectivity index (χ2v) is 5.13. The highest BCUT2D eigenvalue weighted by atomic mass is 19.1. The Morgan fingerprint density at radius 2 is 2.18 bits per heavy atom. The van der Waals surface area contributed by atoms with E-state index in [4.69, 9.17) is 0 Å². The third kappa shape index (κ3) is 3.06. The summed E-state index contributed by atoms with van der Waals surface area (Å²) in [6, 6.07) is 5.64. The molecule has 1 aromatic rings. The van der Waals surface area contributed by atoms with E-state index in [1.54, 1.807) is 12.1 Å². The fourth-order valence-electron chi connectivity index (χ4n) is 2.61. The van der Waals surface area contributed by atoms with Crippen LogP contribution in [0, 0.1) is 18.7 Å². The van der Waals surface area contributed by atoms with E-state index < -0.39 is 0 Å². The van der Waals surface area contributed by atoms with Crippen molar-refractivity contribution in [2.24, 2.45) is 5.92 Å². The van der Waals surface area contributed by atoms with Gasteiger partial charge in [0.05, 0.1) is 0 Å². The van der Waals surface area contributed by atoms with Crippen LogP contribution < -0.4 is 5.32 Å². The number of aryl methyl sites for hydroxylation is 1. The molecule has 0 aliphatic heterocycles. The molecule has 1 saturated carbocycles. The number of nitrogens with one attached hydrogen (secondary N) is 1. The van der Waals surface area contributed by atoms with E-state index >= 15 is 0 Å². The summed E-state index contributed by atoms with van der Waals surface area (Å²) in [7, 11) is 0. The van der Waals surface area contributed by atoms with Gasteiger partial charge in [0.2, 0.25) is 0 Å². The first-order valence-electron chi connectivity index (χ1n) is 6.69. The van der Waals surface area contributed by atoms with Crippen molar-refractivity contribution in [1.82, 2.24) is 5.32 Å². The average Bonchev–Trinajstić information content (AvgIpc) is 2.21. The first-order valence-corrected chi connectivity index (χ1v) is 6.69. The van der Waals surface area contributed by atoms with Crippen LogP contribution in [-0.4, -0.2) is 12.6 Å². The number of hydrogen-bond acceptors (Lipinski definition) is 1. The van der Waals surface area contributed by atoms with Crippen molar-refractivity contribution in [2.45, 2.75) is 45.6 Å². The van der Waals surface area contributed by atoms with Gasteiger partial charge >= 0.3 is 0 Å². The fraction of sp³-hybridized carbons (Fsp3) is 0.600. The lowest BCUT2D eigenvalue weighted by atomic mass is 9.77. The predicted molar refractivity (Wildman–Crippen MR) is 69.6 cm³/mol. The molecule has 1 aromatic carbocycles. The van der Waals surface area contributed by atoms with Gasteiger partial charge in [0.1, 0.15) is 5.82 Å². The van der Waals surface area contributed by atoms with Crippen molar-refractivity contribution in [3.63, 3.8) is 0 Å². The molecule has 1 fully saturated rings. The van der Waals surface area contributed by atoms with Crippen molar-refractivity contribution < 1.29 is 4.39 Å². The molecule has 1 atom stereocenters. The van der Waals surface area contributed by atoms with Crippen LogP contribution in [-0.2, 0) is 6.42 Å². The van der Waals surface area contributed by atoms with Crippen molar-refractivity contribution in [3.8, 4) is 0 Å². The third-order valence-electron chi connectivity index (χ3n) is 3.94. The summed E-state index contributed by atoms with van der Waals surface area (Å²) in [4.78, 5) is 0. The van der Waals surface area contributed by atoms with Crippen LogP contribution in [0.3, 0.4) is 0 Å². The molecule has 0 saturated heterocycles. The molecule has 0 aromatic heterocycles. The monoisotopic (exact) mass is 235 g/mol. The topological polar surface area (TPSA) is 12.0 Å². The lowest BCUT2D eigenvalue weighted by Crippen LogP contribution is -2.41. The van der Waals surface area contributed by atoms with Crippen molar-refractivity contribution >= 4 is 0 Å². The summed E-state index contributed by atoms with van der Waals surface area (Å²) in [5.74, 6) is 0.673. The highest BCUT2D eigenvalue weighted by molar-refractivity contribution is 5.27. The second-order valence-electron chi connectivity index (χ2n) is 5.13. The number of halogens is 1. The Labute approximate surface area is 103 Å². The quantitative estimate of drug-likeness (QED) is 0.824. The highest BCUT2D eigenvalue weighted by Gasteiger charge is 2.26. The Balaban J connectivity index is 2.07. The Morgan fingerprint density at radius 1 is 1.41 bits per heavy atom. The van der Waals surface area contributed by atoms with Crippen LogP contribution in [0.2, 0.25) is 0 Å². The minimum Gasteiger partial charge on any atom is -0.314 e. The molecule has 0 bridgehead atoms. The fourth-order valence-corrected chi connectivity index (χ4v) is 2.61. The van der Waals surface area contributed by atoms with Crippen molar-refractivity contribution in [3.05, 3.63) is 35.1 Å². The van der Waals surface area contributed by atoms with Gasteiger partial charge in [-0.25, -0.2) is 4.39 Å². The SMILES string of the molecule is CCNC(Cc1cc(F)ccc1C)C1CCC1. The maximum Gasteiger partial charge on any atom is 0.123 e. The normalized spacial score (nSPS) is 17.8. The summed E-state index contributed by atoms with van der Waals surface area (Å²) < 4.78 is 13.3. The molecule has 1 aliphatic rings. The zero-order chi connectivity index (χ0) is 12.3. The van der Waals surface area contributed by atoms with E-state index in [1.807, 2.05) is 6.07 Å². The van der Waals surface area contributed by atoms with Crippen molar-refractivity contribution in [1.29, 1.82) is 0 Å². The van der Waals surface area contributed by atoms with Gasteiger partial charge in [-0.1, -0.05) is 19.4 Å². The van der Waals surface area contributed by atoms with E-state index in [-0.39, 0.29) is 5.82 Å². The molecule has 1 nitrogen and oxygen atoms in total. The first kappa shape index (κ1) is 12.6. The predicted octanol–water partition coefficient (Wildman–Crippen LogP) is 3.45. The van der Waals surface area contributed by atoms with E-state index in [0.29, 0.717) is 6.04 Å². The van der Waals surface area contributed by atoms with E-state index in [9.17, 15) is 4.39 Å². The van der Waals surface area contributed by atoms with E-state index in [0.717, 1.165) is 24.4 Å². The van der Waals surface area contributed by atoms with Gasteiger partial charge in [-0.05, 0) is 61.9 Å². The second kappa shape index (κ2) is 5.63. The van der Waals surface area contributed by atoms with Gasteiger partial charge in [0, 0.05) is 6.04 Å². The third-order valence-corrected chi connectivity index (χ3v) is 3.94. The zero-order valence-electron chi connectivity index (χ0n) is 10.8. The molecule has 17 heavy (non-hydrogen) atoms. The highest BCUT2D eigenvalue weighted by Crippen LogP contribution is 2.31. The molecule has 0 amide bonds. The van der Waals surface area contributed by atoms with Crippen LogP contribution in [0.4, 0.5) is 4.39 Å². The largest absolute Gasteiger partial charge is 0.314 e. The van der Waals surface area contributed by atoms with Gasteiger partial charge in [-0.3, -0.25) is 0 Å². The standard InChI is InChI=1S/C15H22FN/c1-3-17-15(12-5-4-6-12)10-13-9-14(16)8-7-11(13)2/h7-9,12,15,17H,3-6,10H2,1-2H3. The molecule has 1 unspecified atom stereocenters. The number of benzene rings is 1. The molecule has 0 heterocycles. The molecular formula is C15H22FN. The Bertz CT molecular complexity index is 371. The number of hydrogen-bond donors (Lipinski definition) is 1. The maximum absolute atomic E-state index is 13.3. The van der Waals surface area contributed by atoms with Crippen LogP contribution in [0.5, 0.6) is 0 Å².